The number of aliphatic hydroxyl groups excluding tert-OH is 1. The van der Waals surface area contributed by atoms with E-state index in [9.17, 15) is 14.0 Å². The number of rotatable bonds is 9. The summed E-state index contributed by atoms with van der Waals surface area (Å²) in [6.45, 7) is 7.91. The Morgan fingerprint density at radius 1 is 1.20 bits per heavy atom. The highest BCUT2D eigenvalue weighted by molar-refractivity contribution is 6.08. The van der Waals surface area contributed by atoms with E-state index >= 15 is 0 Å². The first kappa shape index (κ1) is 30.6. The minimum atomic E-state index is -0.482. The molecule has 0 radical (unpaired) electrons. The zero-order chi connectivity index (χ0) is 31.2. The second-order valence-corrected chi connectivity index (χ2v) is 10.3. The number of fused-ring (bicyclic) bond motifs is 1. The van der Waals surface area contributed by atoms with Gasteiger partial charge in [-0.2, -0.15) is 5.10 Å². The van der Waals surface area contributed by atoms with Crippen LogP contribution in [-0.4, -0.2) is 109 Å². The van der Waals surface area contributed by atoms with Crippen molar-refractivity contribution in [1.29, 1.82) is 0 Å². The van der Waals surface area contributed by atoms with Gasteiger partial charge in [0.25, 0.3) is 5.91 Å². The van der Waals surface area contributed by atoms with Gasteiger partial charge in [-0.1, -0.05) is 0 Å². The Labute approximate surface area is 253 Å². The van der Waals surface area contributed by atoms with E-state index in [0.29, 0.717) is 62.1 Å². The lowest BCUT2D eigenvalue weighted by atomic mass is 10.0. The number of morpholine rings is 1. The molecule has 1 unspecified atom stereocenters. The summed E-state index contributed by atoms with van der Waals surface area (Å²) in [4.78, 5) is 39.5. The fraction of sp³-hybridized carbons (Fsp3) is 0.367. The van der Waals surface area contributed by atoms with Crippen molar-refractivity contribution in [3.63, 3.8) is 0 Å². The van der Waals surface area contributed by atoms with Crippen LogP contribution in [0.3, 0.4) is 0 Å². The first-order valence-corrected chi connectivity index (χ1v) is 14.2. The number of aromatic nitrogens is 3. The van der Waals surface area contributed by atoms with E-state index in [1.165, 1.54) is 30.8 Å². The minimum Gasteiger partial charge on any atom is -0.481 e. The van der Waals surface area contributed by atoms with Gasteiger partial charge in [-0.3, -0.25) is 9.59 Å². The fourth-order valence-corrected chi connectivity index (χ4v) is 5.37. The molecule has 2 amide bonds. The molecule has 2 saturated heterocycles. The molecule has 0 aliphatic carbocycles. The van der Waals surface area contributed by atoms with Crippen LogP contribution in [0.1, 0.15) is 17.3 Å². The molecular weight excluding hydrogens is 571 g/mol. The van der Waals surface area contributed by atoms with Crippen molar-refractivity contribution in [3.05, 3.63) is 71.6 Å². The fourth-order valence-electron chi connectivity index (χ4n) is 5.37. The molecule has 0 saturated carbocycles. The number of carbonyl (C=O) groups excluding carboxylic acids is 2. The largest absolute Gasteiger partial charge is 0.481 e. The predicted octanol–water partition coefficient (Wildman–Crippen LogP) is 2.26. The van der Waals surface area contributed by atoms with Crippen molar-refractivity contribution in [2.24, 2.45) is 4.99 Å². The summed E-state index contributed by atoms with van der Waals surface area (Å²) in [7, 11) is 1.44. The van der Waals surface area contributed by atoms with Crippen molar-refractivity contribution in [2.45, 2.75) is 13.0 Å². The predicted molar refractivity (Wildman–Crippen MR) is 164 cm³/mol. The van der Waals surface area contributed by atoms with Gasteiger partial charge in [0.1, 0.15) is 18.0 Å². The summed E-state index contributed by atoms with van der Waals surface area (Å²) in [6, 6.07) is 8.76. The van der Waals surface area contributed by atoms with Crippen LogP contribution in [0.2, 0.25) is 0 Å². The second-order valence-electron chi connectivity index (χ2n) is 10.3. The number of hydrogen-bond donors (Lipinski definition) is 2. The van der Waals surface area contributed by atoms with Gasteiger partial charge < -0.3 is 34.6 Å². The van der Waals surface area contributed by atoms with Crippen LogP contribution in [0, 0.1) is 0 Å². The molecule has 5 rings (SSSR count). The highest BCUT2D eigenvalue weighted by Gasteiger charge is 2.30. The number of methoxy groups -OCH3 is 1. The quantitative estimate of drug-likeness (QED) is 0.214. The van der Waals surface area contributed by atoms with E-state index in [-0.39, 0.29) is 29.9 Å². The Bertz CT molecular complexity index is 1580. The van der Waals surface area contributed by atoms with Crippen LogP contribution >= 0.6 is 0 Å². The van der Waals surface area contributed by atoms with Gasteiger partial charge in [0.05, 0.1) is 38.4 Å². The van der Waals surface area contributed by atoms with Crippen molar-refractivity contribution in [1.82, 2.24) is 19.5 Å². The molecule has 2 aliphatic rings. The first-order chi connectivity index (χ1) is 21.3. The maximum Gasteiger partial charge on any atom is 0.261 e. The number of nitrogens with zero attached hydrogens (tertiary/aromatic N) is 7. The third-order valence-electron chi connectivity index (χ3n) is 7.58. The number of carbonyl (C=O) groups is 2. The molecule has 2 aliphatic heterocycles. The second kappa shape index (κ2) is 13.7. The van der Waals surface area contributed by atoms with E-state index in [2.05, 4.69) is 27.0 Å². The molecular formula is C30H35FN8O5. The van der Waals surface area contributed by atoms with Gasteiger partial charge >= 0.3 is 0 Å². The summed E-state index contributed by atoms with van der Waals surface area (Å²) < 4.78 is 26.7. The topological polar surface area (TPSA) is 137 Å². The number of hydrogen-bond acceptors (Lipinski definition) is 10. The number of amides is 2. The van der Waals surface area contributed by atoms with Crippen LogP contribution in [-0.2, 0) is 14.3 Å². The number of allylic oxidation sites excluding steroid dienone is 1. The molecule has 13 nitrogen and oxygen atoms in total. The number of ether oxygens (including phenoxy) is 2. The smallest absolute Gasteiger partial charge is 0.261 e. The standard InChI is InChI=1S/C30H35FN8O5/c1-20(31)16-23(30(32-2)43-3)25-19-44-15-14-38(25)26-8-9-39-28(35-26)24(17-33-39)29(42)34-21-4-6-22(7-5-21)36-10-12-37(13-11-36)27(41)18-40/h4-9,16-17,25,40H,2,10-15,18-19H2,1,3H3,(H,34,42)/b20-16+,30-23-. The molecule has 0 spiro atoms. The van der Waals surface area contributed by atoms with Crippen molar-refractivity contribution >= 4 is 41.4 Å². The van der Waals surface area contributed by atoms with Crippen molar-refractivity contribution in [3.8, 4) is 0 Å². The molecule has 4 heterocycles. The average Bonchev–Trinajstić information content (AvgIpc) is 3.48. The maximum atomic E-state index is 14.1. The van der Waals surface area contributed by atoms with Gasteiger partial charge in [0.15, 0.2) is 5.65 Å². The Morgan fingerprint density at radius 3 is 2.61 bits per heavy atom. The summed E-state index contributed by atoms with van der Waals surface area (Å²) >= 11 is 0. The maximum absolute atomic E-state index is 14.1. The first-order valence-electron chi connectivity index (χ1n) is 14.2. The highest BCUT2D eigenvalue weighted by atomic mass is 19.1. The lowest BCUT2D eigenvalue weighted by molar-refractivity contribution is -0.134. The van der Waals surface area contributed by atoms with E-state index in [1.807, 2.05) is 29.2 Å². The lowest BCUT2D eigenvalue weighted by Gasteiger charge is -2.37. The SMILES string of the molecule is C=N/C(OC)=C(\C=C(/C)F)C1COCCN1c1ccn2ncc(C(=O)Nc3ccc(N4CCN(C(=O)CO)CC4)cc3)c2n1. The van der Waals surface area contributed by atoms with Crippen molar-refractivity contribution in [2.75, 3.05) is 74.8 Å². The van der Waals surface area contributed by atoms with Crippen LogP contribution in [0.5, 0.6) is 0 Å². The Balaban J connectivity index is 1.34. The summed E-state index contributed by atoms with van der Waals surface area (Å²) in [6.07, 6.45) is 4.52. The van der Waals surface area contributed by atoms with Gasteiger partial charge in [-0.05, 0) is 50.0 Å². The summed E-state index contributed by atoms with van der Waals surface area (Å²) in [5.74, 6) is -0.337. The van der Waals surface area contributed by atoms with Gasteiger partial charge in [-0.15, -0.1) is 0 Å². The number of benzene rings is 1. The highest BCUT2D eigenvalue weighted by Crippen LogP contribution is 2.28. The zero-order valence-electron chi connectivity index (χ0n) is 24.6. The number of halogens is 1. The number of aliphatic imine (C=N–C) groups is 1. The Hall–Kier alpha value is -4.82. The van der Waals surface area contributed by atoms with Crippen LogP contribution in [0.25, 0.3) is 5.65 Å². The number of nitrogens with one attached hydrogen (secondary N) is 1. The molecule has 1 atom stereocenters. The number of aliphatic hydroxyl groups is 1. The average molecular weight is 607 g/mol. The zero-order valence-corrected chi connectivity index (χ0v) is 24.6. The Kier molecular flexibility index (Phi) is 9.50. The third kappa shape index (κ3) is 6.55. The van der Waals surface area contributed by atoms with E-state index in [1.54, 1.807) is 17.2 Å². The van der Waals surface area contributed by atoms with Gasteiger partial charge in [0.2, 0.25) is 11.8 Å². The lowest BCUT2D eigenvalue weighted by Crippen LogP contribution is -2.49. The number of piperazine rings is 1. The molecule has 14 heteroatoms. The normalized spacial score (nSPS) is 18.2. The molecule has 2 aromatic heterocycles. The Morgan fingerprint density at radius 2 is 1.95 bits per heavy atom. The monoisotopic (exact) mass is 606 g/mol. The van der Waals surface area contributed by atoms with E-state index < -0.39 is 18.5 Å². The van der Waals surface area contributed by atoms with Gasteiger partial charge in [-0.25, -0.2) is 18.9 Å². The summed E-state index contributed by atoms with van der Waals surface area (Å²) in [5.41, 5.74) is 2.67. The molecule has 232 valence electrons. The van der Waals surface area contributed by atoms with Gasteiger partial charge in [0, 0.05) is 55.9 Å². The molecule has 44 heavy (non-hydrogen) atoms. The number of anilines is 3. The van der Waals surface area contributed by atoms with E-state index in [0.717, 1.165) is 5.69 Å². The molecule has 2 fully saturated rings. The van der Waals surface area contributed by atoms with Crippen LogP contribution in [0.4, 0.5) is 21.6 Å². The third-order valence-corrected chi connectivity index (χ3v) is 7.58. The minimum absolute atomic E-state index is 0.179. The van der Waals surface area contributed by atoms with Crippen LogP contribution in [0.15, 0.2) is 71.1 Å². The molecule has 2 N–H and O–H groups in total. The summed E-state index contributed by atoms with van der Waals surface area (Å²) in [5, 5.41) is 16.3. The van der Waals surface area contributed by atoms with Crippen molar-refractivity contribution < 1.29 is 28.6 Å². The molecule has 0 bridgehead atoms. The van der Waals surface area contributed by atoms with Crippen LogP contribution < -0.4 is 15.1 Å². The van der Waals surface area contributed by atoms with E-state index in [4.69, 9.17) is 19.6 Å². The molecule has 3 aromatic rings. The molecule has 1 aromatic carbocycles.